The van der Waals surface area contributed by atoms with Gasteiger partial charge in [-0.1, -0.05) is 11.6 Å². The summed E-state index contributed by atoms with van der Waals surface area (Å²) in [5, 5.41) is 7.73. The lowest BCUT2D eigenvalue weighted by atomic mass is 10.3. The Hall–Kier alpha value is -1.40. The molecule has 1 fully saturated rings. The average molecular weight is 283 g/mol. The highest BCUT2D eigenvalue weighted by Crippen LogP contribution is 2.39. The van der Waals surface area contributed by atoms with E-state index in [-0.39, 0.29) is 11.7 Å². The smallest absolute Gasteiger partial charge is 0.344 e. The predicted octanol–water partition coefficient (Wildman–Crippen LogP) is 2.29. The summed E-state index contributed by atoms with van der Waals surface area (Å²) in [6, 6.07) is 5.58. The number of nitrogens with two attached hydrogens (primary N) is 1. The van der Waals surface area contributed by atoms with Gasteiger partial charge in [0.2, 0.25) is 0 Å². The van der Waals surface area contributed by atoms with Crippen molar-refractivity contribution in [2.24, 2.45) is 0 Å². The first-order valence-corrected chi connectivity index (χ1v) is 6.74. The van der Waals surface area contributed by atoms with Crippen molar-refractivity contribution in [2.45, 2.75) is 28.9 Å². The molecular formula is C11H11ClN4OS. The van der Waals surface area contributed by atoms with Crippen molar-refractivity contribution < 1.29 is 0 Å². The number of nitrogens with zero attached hydrogens (tertiary/aromatic N) is 2. The van der Waals surface area contributed by atoms with Crippen LogP contribution in [0, 0.1) is 0 Å². The van der Waals surface area contributed by atoms with E-state index in [4.69, 9.17) is 17.3 Å². The Bertz CT molecular complexity index is 647. The number of aromatic nitrogens is 3. The number of hydrogen-bond acceptors (Lipinski definition) is 4. The second kappa shape index (κ2) is 4.37. The molecule has 2 aromatic rings. The first-order valence-electron chi connectivity index (χ1n) is 5.55. The molecule has 0 atom stereocenters. The van der Waals surface area contributed by atoms with Crippen LogP contribution < -0.4 is 11.4 Å². The van der Waals surface area contributed by atoms with Crippen LogP contribution in [0.5, 0.6) is 0 Å². The van der Waals surface area contributed by atoms with Gasteiger partial charge in [0.15, 0.2) is 5.16 Å². The third kappa shape index (κ3) is 2.13. The van der Waals surface area contributed by atoms with Crippen LogP contribution in [0.25, 0.3) is 0 Å². The standard InChI is InChI=1S/C11H11ClN4OS/c12-8-5-6(13)1-4-9(8)18-11-15-14-10(17)16(11)7-2-3-7/h1,4-5,7H,2-3,13H2,(H,14,17). The van der Waals surface area contributed by atoms with Gasteiger partial charge in [-0.3, -0.25) is 4.57 Å². The van der Waals surface area contributed by atoms with E-state index in [0.717, 1.165) is 17.7 Å². The van der Waals surface area contributed by atoms with E-state index in [9.17, 15) is 4.79 Å². The number of hydrogen-bond donors (Lipinski definition) is 2. The minimum Gasteiger partial charge on any atom is -0.399 e. The topological polar surface area (TPSA) is 76.7 Å². The van der Waals surface area contributed by atoms with Crippen LogP contribution in [-0.4, -0.2) is 14.8 Å². The first kappa shape index (κ1) is 11.7. The predicted molar refractivity (Wildman–Crippen MR) is 71.1 cm³/mol. The molecule has 94 valence electrons. The fraction of sp³-hybridized carbons (Fsp3) is 0.273. The van der Waals surface area contributed by atoms with Gasteiger partial charge in [-0.05, 0) is 42.8 Å². The normalized spacial score (nSPS) is 14.9. The molecule has 0 radical (unpaired) electrons. The molecule has 3 N–H and O–H groups in total. The highest BCUT2D eigenvalue weighted by molar-refractivity contribution is 7.99. The summed E-state index contributed by atoms with van der Waals surface area (Å²) in [6.07, 6.45) is 2.06. The monoisotopic (exact) mass is 282 g/mol. The molecule has 1 heterocycles. The zero-order valence-electron chi connectivity index (χ0n) is 9.39. The fourth-order valence-corrected chi connectivity index (χ4v) is 2.93. The lowest BCUT2D eigenvalue weighted by molar-refractivity contribution is 0.642. The minimum absolute atomic E-state index is 0.161. The van der Waals surface area contributed by atoms with Crippen molar-refractivity contribution in [3.8, 4) is 0 Å². The summed E-state index contributed by atoms with van der Waals surface area (Å²) in [4.78, 5) is 12.5. The maximum Gasteiger partial charge on any atom is 0.344 e. The van der Waals surface area contributed by atoms with Gasteiger partial charge in [0.25, 0.3) is 0 Å². The van der Waals surface area contributed by atoms with Gasteiger partial charge in [0, 0.05) is 16.6 Å². The maximum absolute atomic E-state index is 11.6. The van der Waals surface area contributed by atoms with E-state index >= 15 is 0 Å². The van der Waals surface area contributed by atoms with Crippen LogP contribution in [0.2, 0.25) is 5.02 Å². The quantitative estimate of drug-likeness (QED) is 0.847. The summed E-state index contributed by atoms with van der Waals surface area (Å²) in [5.41, 5.74) is 6.10. The van der Waals surface area contributed by atoms with Crippen LogP contribution in [0.4, 0.5) is 5.69 Å². The number of aromatic amines is 1. The van der Waals surface area contributed by atoms with Crippen LogP contribution in [0.1, 0.15) is 18.9 Å². The molecule has 0 spiro atoms. The van der Waals surface area contributed by atoms with Gasteiger partial charge in [0.1, 0.15) is 0 Å². The molecule has 1 aliphatic rings. The molecule has 7 heteroatoms. The second-order valence-corrected chi connectivity index (χ2v) is 5.62. The largest absolute Gasteiger partial charge is 0.399 e. The molecule has 0 unspecified atom stereocenters. The van der Waals surface area contributed by atoms with Crippen molar-refractivity contribution in [1.29, 1.82) is 0 Å². The molecule has 18 heavy (non-hydrogen) atoms. The Morgan fingerprint density at radius 1 is 1.50 bits per heavy atom. The van der Waals surface area contributed by atoms with E-state index in [2.05, 4.69) is 10.2 Å². The molecule has 0 aliphatic heterocycles. The van der Waals surface area contributed by atoms with Crippen molar-refractivity contribution in [1.82, 2.24) is 14.8 Å². The molecule has 1 aromatic heterocycles. The van der Waals surface area contributed by atoms with Gasteiger partial charge >= 0.3 is 5.69 Å². The second-order valence-electron chi connectivity index (χ2n) is 4.20. The van der Waals surface area contributed by atoms with Crippen molar-refractivity contribution >= 4 is 29.1 Å². The van der Waals surface area contributed by atoms with Crippen LogP contribution in [0.15, 0.2) is 33.0 Å². The molecule has 1 aromatic carbocycles. The number of rotatable bonds is 3. The van der Waals surface area contributed by atoms with E-state index < -0.39 is 0 Å². The van der Waals surface area contributed by atoms with Crippen LogP contribution in [0.3, 0.4) is 0 Å². The Morgan fingerprint density at radius 2 is 2.28 bits per heavy atom. The van der Waals surface area contributed by atoms with Gasteiger partial charge < -0.3 is 5.73 Å². The van der Waals surface area contributed by atoms with Crippen LogP contribution >= 0.6 is 23.4 Å². The SMILES string of the molecule is Nc1ccc(Sc2n[nH]c(=O)n2C2CC2)c(Cl)c1. The Morgan fingerprint density at radius 3 is 2.94 bits per heavy atom. The number of anilines is 1. The van der Waals surface area contributed by atoms with E-state index in [0.29, 0.717) is 15.9 Å². The lowest BCUT2D eigenvalue weighted by Crippen LogP contribution is -2.15. The summed E-state index contributed by atoms with van der Waals surface area (Å²) in [5.74, 6) is 0. The van der Waals surface area contributed by atoms with Crippen molar-refractivity contribution in [3.63, 3.8) is 0 Å². The molecule has 0 amide bonds. The minimum atomic E-state index is -0.161. The number of H-pyrrole nitrogens is 1. The molecular weight excluding hydrogens is 272 g/mol. The van der Waals surface area contributed by atoms with Crippen molar-refractivity contribution in [3.05, 3.63) is 33.7 Å². The Balaban J connectivity index is 1.94. The highest BCUT2D eigenvalue weighted by atomic mass is 35.5. The molecule has 5 nitrogen and oxygen atoms in total. The number of benzene rings is 1. The number of nitrogens with one attached hydrogen (secondary N) is 1. The fourth-order valence-electron chi connectivity index (χ4n) is 1.72. The summed E-state index contributed by atoms with van der Waals surface area (Å²) >= 11 is 7.48. The lowest BCUT2D eigenvalue weighted by Gasteiger charge is -2.05. The van der Waals surface area contributed by atoms with Crippen molar-refractivity contribution in [2.75, 3.05) is 5.73 Å². The summed E-state index contributed by atoms with van der Waals surface area (Å²) < 4.78 is 1.69. The van der Waals surface area contributed by atoms with E-state index in [1.807, 2.05) is 6.07 Å². The summed E-state index contributed by atoms with van der Waals surface area (Å²) in [6.45, 7) is 0. The zero-order valence-corrected chi connectivity index (χ0v) is 11.0. The molecule has 0 bridgehead atoms. The average Bonchev–Trinajstić information content (AvgIpc) is 3.08. The molecule has 3 rings (SSSR count). The molecule has 1 saturated carbocycles. The molecule has 0 saturated heterocycles. The third-order valence-electron chi connectivity index (χ3n) is 2.74. The number of nitrogen functional groups attached to an aromatic ring is 1. The number of halogens is 1. The highest BCUT2D eigenvalue weighted by Gasteiger charge is 2.28. The van der Waals surface area contributed by atoms with Gasteiger partial charge in [-0.2, -0.15) is 0 Å². The van der Waals surface area contributed by atoms with Gasteiger partial charge in [-0.25, -0.2) is 9.89 Å². The Kier molecular flexibility index (Phi) is 2.83. The molecule has 1 aliphatic carbocycles. The van der Waals surface area contributed by atoms with E-state index in [1.54, 1.807) is 16.7 Å². The first-order chi connectivity index (χ1) is 8.65. The van der Waals surface area contributed by atoms with E-state index in [1.165, 1.54) is 11.8 Å². The van der Waals surface area contributed by atoms with Gasteiger partial charge in [-0.15, -0.1) is 5.10 Å². The Labute approximate surface area is 112 Å². The zero-order chi connectivity index (χ0) is 12.7. The third-order valence-corrected chi connectivity index (χ3v) is 4.21. The van der Waals surface area contributed by atoms with Gasteiger partial charge in [0.05, 0.1) is 5.02 Å². The van der Waals surface area contributed by atoms with Crippen LogP contribution in [-0.2, 0) is 0 Å². The maximum atomic E-state index is 11.6. The summed E-state index contributed by atoms with van der Waals surface area (Å²) in [7, 11) is 0.